The Bertz CT molecular complexity index is 392. The van der Waals surface area contributed by atoms with Crippen LogP contribution in [0.5, 0.6) is 0 Å². The van der Waals surface area contributed by atoms with Gasteiger partial charge in [0.2, 0.25) is 15.9 Å². The van der Waals surface area contributed by atoms with Crippen molar-refractivity contribution in [2.45, 2.75) is 31.8 Å². The lowest BCUT2D eigenvalue weighted by Crippen LogP contribution is -2.52. The zero-order valence-electron chi connectivity index (χ0n) is 10.8. The molecular formula is C10H21N3O3S. The number of carbonyl (C=O) groups is 1. The van der Waals surface area contributed by atoms with E-state index in [4.69, 9.17) is 0 Å². The van der Waals surface area contributed by atoms with Crippen LogP contribution < -0.4 is 10.0 Å². The maximum Gasteiger partial charge on any atom is 0.239 e. The second kappa shape index (κ2) is 4.91. The van der Waals surface area contributed by atoms with Crippen molar-refractivity contribution < 1.29 is 13.2 Å². The molecule has 1 aliphatic rings. The number of sulfonamides is 1. The summed E-state index contributed by atoms with van der Waals surface area (Å²) in [4.78, 5) is 13.3. The molecule has 1 rings (SSSR count). The summed E-state index contributed by atoms with van der Waals surface area (Å²) in [6, 6.07) is -0.194. The standard InChI is InChI=1S/C10H21N3O3S/c1-10(2,12-17(4,15)16)7-11-8-5-6-13(3)9(8)14/h8,11-12H,5-7H2,1-4H3. The van der Waals surface area contributed by atoms with Gasteiger partial charge < -0.3 is 10.2 Å². The third-order valence-electron chi connectivity index (χ3n) is 2.68. The smallest absolute Gasteiger partial charge is 0.239 e. The fourth-order valence-corrected chi connectivity index (χ4v) is 3.00. The normalized spacial score (nSPS) is 22.2. The molecule has 100 valence electrons. The third-order valence-corrected chi connectivity index (χ3v) is 3.60. The molecule has 1 heterocycles. The highest BCUT2D eigenvalue weighted by molar-refractivity contribution is 7.88. The second-order valence-electron chi connectivity index (χ2n) is 5.24. The Morgan fingerprint density at radius 1 is 1.47 bits per heavy atom. The van der Waals surface area contributed by atoms with E-state index >= 15 is 0 Å². The summed E-state index contributed by atoms with van der Waals surface area (Å²) in [5.41, 5.74) is -0.602. The first kappa shape index (κ1) is 14.4. The summed E-state index contributed by atoms with van der Waals surface area (Å²) in [7, 11) is -1.47. The average molecular weight is 263 g/mol. The Morgan fingerprint density at radius 3 is 2.47 bits per heavy atom. The van der Waals surface area contributed by atoms with Gasteiger partial charge in [0.15, 0.2) is 0 Å². The largest absolute Gasteiger partial charge is 0.344 e. The second-order valence-corrected chi connectivity index (χ2v) is 6.99. The van der Waals surface area contributed by atoms with Gasteiger partial charge >= 0.3 is 0 Å². The summed E-state index contributed by atoms with van der Waals surface area (Å²) in [6.45, 7) is 4.73. The highest BCUT2D eigenvalue weighted by atomic mass is 32.2. The number of likely N-dealkylation sites (tertiary alicyclic amines) is 1. The van der Waals surface area contributed by atoms with E-state index in [9.17, 15) is 13.2 Å². The SMILES string of the molecule is CN1CCC(NCC(C)(C)NS(C)(=O)=O)C1=O. The van der Waals surface area contributed by atoms with Crippen LogP contribution >= 0.6 is 0 Å². The van der Waals surface area contributed by atoms with Gasteiger partial charge in [-0.15, -0.1) is 0 Å². The van der Waals surface area contributed by atoms with Crippen LogP contribution in [-0.4, -0.2) is 57.2 Å². The fraction of sp³-hybridized carbons (Fsp3) is 0.900. The Hall–Kier alpha value is -0.660. The molecule has 0 aromatic heterocycles. The number of nitrogens with zero attached hydrogens (tertiary/aromatic N) is 1. The molecule has 1 atom stereocenters. The summed E-state index contributed by atoms with van der Waals surface area (Å²) in [6.07, 6.45) is 1.90. The number of amides is 1. The van der Waals surface area contributed by atoms with E-state index in [0.29, 0.717) is 6.54 Å². The zero-order valence-corrected chi connectivity index (χ0v) is 11.6. The molecular weight excluding hydrogens is 242 g/mol. The van der Waals surface area contributed by atoms with Gasteiger partial charge in [-0.2, -0.15) is 0 Å². The van der Waals surface area contributed by atoms with Crippen molar-refractivity contribution in [2.75, 3.05) is 26.4 Å². The fourth-order valence-electron chi connectivity index (χ4n) is 1.93. The predicted octanol–water partition coefficient (Wildman–Crippen LogP) is -0.865. The lowest BCUT2D eigenvalue weighted by molar-refractivity contribution is -0.128. The van der Waals surface area contributed by atoms with Crippen LogP contribution in [-0.2, 0) is 14.8 Å². The topological polar surface area (TPSA) is 78.5 Å². The van der Waals surface area contributed by atoms with E-state index in [0.717, 1.165) is 19.2 Å². The molecule has 1 fully saturated rings. The molecule has 0 aromatic carbocycles. The Balaban J connectivity index is 2.48. The van der Waals surface area contributed by atoms with E-state index in [2.05, 4.69) is 10.0 Å². The molecule has 1 saturated heterocycles. The highest BCUT2D eigenvalue weighted by Crippen LogP contribution is 2.10. The predicted molar refractivity (Wildman–Crippen MR) is 66.1 cm³/mol. The van der Waals surface area contributed by atoms with E-state index in [1.807, 2.05) is 0 Å². The molecule has 2 N–H and O–H groups in total. The average Bonchev–Trinajstić information content (AvgIpc) is 2.41. The van der Waals surface area contributed by atoms with Crippen molar-refractivity contribution in [3.63, 3.8) is 0 Å². The van der Waals surface area contributed by atoms with Crippen LogP contribution in [0.25, 0.3) is 0 Å². The molecule has 0 saturated carbocycles. The lowest BCUT2D eigenvalue weighted by atomic mass is 10.1. The van der Waals surface area contributed by atoms with Gasteiger partial charge in [0, 0.05) is 25.7 Å². The number of rotatable bonds is 5. The summed E-state index contributed by atoms with van der Waals surface area (Å²) in [5.74, 6) is 0.0696. The van der Waals surface area contributed by atoms with Crippen molar-refractivity contribution >= 4 is 15.9 Å². The van der Waals surface area contributed by atoms with Crippen LogP contribution in [0.4, 0.5) is 0 Å². The van der Waals surface area contributed by atoms with Gasteiger partial charge in [-0.1, -0.05) is 0 Å². The van der Waals surface area contributed by atoms with Crippen LogP contribution in [0.15, 0.2) is 0 Å². The summed E-state index contributed by atoms with van der Waals surface area (Å²) < 4.78 is 24.8. The first-order valence-corrected chi connectivity index (χ1v) is 7.47. The van der Waals surface area contributed by atoms with Crippen molar-refractivity contribution in [1.82, 2.24) is 14.9 Å². The van der Waals surface area contributed by atoms with Gasteiger partial charge in [-0.05, 0) is 20.3 Å². The number of hydrogen-bond donors (Lipinski definition) is 2. The minimum Gasteiger partial charge on any atom is -0.344 e. The molecule has 0 radical (unpaired) electrons. The summed E-state index contributed by atoms with van der Waals surface area (Å²) >= 11 is 0. The molecule has 0 aliphatic carbocycles. The third kappa shape index (κ3) is 4.61. The van der Waals surface area contributed by atoms with Gasteiger partial charge in [-0.25, -0.2) is 13.1 Å². The zero-order chi connectivity index (χ0) is 13.3. The van der Waals surface area contributed by atoms with Crippen LogP contribution in [0.2, 0.25) is 0 Å². The highest BCUT2D eigenvalue weighted by Gasteiger charge is 2.31. The minimum absolute atomic E-state index is 0.0696. The molecule has 1 amide bonds. The number of carbonyl (C=O) groups excluding carboxylic acids is 1. The molecule has 0 aromatic rings. The monoisotopic (exact) mass is 263 g/mol. The van der Waals surface area contributed by atoms with E-state index in [-0.39, 0.29) is 11.9 Å². The molecule has 1 aliphatic heterocycles. The van der Waals surface area contributed by atoms with Crippen molar-refractivity contribution in [2.24, 2.45) is 0 Å². The maximum absolute atomic E-state index is 11.6. The molecule has 7 heteroatoms. The summed E-state index contributed by atoms with van der Waals surface area (Å²) in [5, 5.41) is 3.11. The Kier molecular flexibility index (Phi) is 4.16. The maximum atomic E-state index is 11.6. The van der Waals surface area contributed by atoms with Crippen LogP contribution in [0.3, 0.4) is 0 Å². The van der Waals surface area contributed by atoms with Crippen molar-refractivity contribution in [1.29, 1.82) is 0 Å². The van der Waals surface area contributed by atoms with Crippen LogP contribution in [0.1, 0.15) is 20.3 Å². The van der Waals surface area contributed by atoms with E-state index < -0.39 is 15.6 Å². The van der Waals surface area contributed by atoms with Gasteiger partial charge in [-0.3, -0.25) is 4.79 Å². The van der Waals surface area contributed by atoms with E-state index in [1.165, 1.54) is 0 Å². The molecule has 0 spiro atoms. The number of hydrogen-bond acceptors (Lipinski definition) is 4. The molecule has 1 unspecified atom stereocenters. The van der Waals surface area contributed by atoms with Crippen molar-refractivity contribution in [3.05, 3.63) is 0 Å². The Labute approximate surface area is 103 Å². The molecule has 0 bridgehead atoms. The quantitative estimate of drug-likeness (QED) is 0.676. The van der Waals surface area contributed by atoms with Gasteiger partial charge in [0.1, 0.15) is 0 Å². The number of nitrogens with one attached hydrogen (secondary N) is 2. The van der Waals surface area contributed by atoms with Gasteiger partial charge in [0.25, 0.3) is 0 Å². The van der Waals surface area contributed by atoms with E-state index in [1.54, 1.807) is 25.8 Å². The number of likely N-dealkylation sites (N-methyl/N-ethyl adjacent to an activating group) is 1. The first-order valence-electron chi connectivity index (χ1n) is 5.58. The minimum atomic E-state index is -3.24. The van der Waals surface area contributed by atoms with Gasteiger partial charge in [0.05, 0.1) is 12.3 Å². The first-order chi connectivity index (χ1) is 7.61. The van der Waals surface area contributed by atoms with Crippen molar-refractivity contribution in [3.8, 4) is 0 Å². The van der Waals surface area contributed by atoms with Crippen LogP contribution in [0, 0.1) is 0 Å². The Morgan fingerprint density at radius 2 is 2.06 bits per heavy atom. The lowest BCUT2D eigenvalue weighted by Gasteiger charge is -2.26. The molecule has 17 heavy (non-hydrogen) atoms. The molecule has 6 nitrogen and oxygen atoms in total.